The lowest BCUT2D eigenvalue weighted by Crippen LogP contribution is -2.24. The highest BCUT2D eigenvalue weighted by atomic mass is 32.2. The molecule has 0 aliphatic heterocycles. The van der Waals surface area contributed by atoms with Gasteiger partial charge in [0, 0.05) is 40.2 Å². The normalized spacial score (nSPS) is 10.7. The van der Waals surface area contributed by atoms with E-state index in [1.165, 1.54) is 41.6 Å². The first-order valence-electron chi connectivity index (χ1n) is 9.31. The fraction of sp³-hybridized carbons (Fsp3) is 0.0476. The van der Waals surface area contributed by atoms with Crippen molar-refractivity contribution in [1.82, 2.24) is 25.1 Å². The first-order valence-corrected chi connectivity index (χ1v) is 10.1. The van der Waals surface area contributed by atoms with Crippen molar-refractivity contribution in [2.75, 3.05) is 0 Å². The van der Waals surface area contributed by atoms with Gasteiger partial charge in [-0.1, -0.05) is 30.0 Å². The fourth-order valence-electron chi connectivity index (χ4n) is 2.91. The van der Waals surface area contributed by atoms with E-state index >= 15 is 0 Å². The number of nitro groups is 1. The molecule has 0 atom stereocenters. The maximum atomic E-state index is 14.1. The Morgan fingerprint density at radius 2 is 2.00 bits per heavy atom. The molecular formula is C21H15FN6O3S. The Bertz CT molecular complexity index is 1280. The molecule has 1 amide bonds. The third-order valence-electron chi connectivity index (χ3n) is 4.42. The second kappa shape index (κ2) is 9.35. The van der Waals surface area contributed by atoms with Gasteiger partial charge in [0.1, 0.15) is 18.5 Å². The van der Waals surface area contributed by atoms with E-state index in [4.69, 9.17) is 0 Å². The lowest BCUT2D eigenvalue weighted by molar-refractivity contribution is -0.384. The maximum absolute atomic E-state index is 14.1. The number of nitro benzene ring substituents is 1. The molecule has 32 heavy (non-hydrogen) atoms. The molecule has 0 bridgehead atoms. The predicted octanol–water partition coefficient (Wildman–Crippen LogP) is 3.79. The minimum Gasteiger partial charge on any atom is -0.348 e. The van der Waals surface area contributed by atoms with Crippen LogP contribution in [0, 0.1) is 15.9 Å². The zero-order valence-electron chi connectivity index (χ0n) is 16.4. The molecule has 9 nitrogen and oxygen atoms in total. The highest BCUT2D eigenvalue weighted by molar-refractivity contribution is 7.99. The van der Waals surface area contributed by atoms with Crippen LogP contribution in [-0.4, -0.2) is 30.6 Å². The van der Waals surface area contributed by atoms with Gasteiger partial charge in [-0.15, -0.1) is 0 Å². The molecule has 2 aromatic heterocycles. The summed E-state index contributed by atoms with van der Waals surface area (Å²) in [7, 11) is 0. The van der Waals surface area contributed by atoms with E-state index in [-0.39, 0.29) is 17.8 Å². The summed E-state index contributed by atoms with van der Waals surface area (Å²) in [5, 5.41) is 18.0. The van der Waals surface area contributed by atoms with Crippen LogP contribution in [0.2, 0.25) is 0 Å². The summed E-state index contributed by atoms with van der Waals surface area (Å²) in [6.07, 6.45) is 4.44. The Morgan fingerprint density at radius 1 is 1.16 bits per heavy atom. The zero-order valence-corrected chi connectivity index (χ0v) is 17.2. The number of amides is 1. The van der Waals surface area contributed by atoms with Gasteiger partial charge in [-0.2, -0.15) is 5.10 Å². The Labute approximate surface area is 185 Å². The molecule has 4 aromatic rings. The van der Waals surface area contributed by atoms with Crippen molar-refractivity contribution in [2.24, 2.45) is 0 Å². The summed E-state index contributed by atoms with van der Waals surface area (Å²) in [6, 6.07) is 13.5. The molecule has 11 heteroatoms. The van der Waals surface area contributed by atoms with Crippen LogP contribution in [-0.2, 0) is 6.54 Å². The average Bonchev–Trinajstić information content (AvgIpc) is 3.34. The maximum Gasteiger partial charge on any atom is 0.270 e. The second-order valence-corrected chi connectivity index (χ2v) is 7.56. The van der Waals surface area contributed by atoms with Crippen LogP contribution in [0.15, 0.2) is 83.2 Å². The van der Waals surface area contributed by atoms with Crippen molar-refractivity contribution in [3.8, 4) is 5.82 Å². The van der Waals surface area contributed by atoms with E-state index in [0.29, 0.717) is 21.2 Å². The predicted molar refractivity (Wildman–Crippen MR) is 114 cm³/mol. The van der Waals surface area contributed by atoms with Crippen molar-refractivity contribution in [2.45, 2.75) is 16.3 Å². The smallest absolute Gasteiger partial charge is 0.270 e. The number of nitrogens with zero attached hydrogens (tertiary/aromatic N) is 5. The molecule has 0 fully saturated rings. The lowest BCUT2D eigenvalue weighted by atomic mass is 10.1. The van der Waals surface area contributed by atoms with Crippen molar-refractivity contribution < 1.29 is 14.1 Å². The molecule has 2 heterocycles. The lowest BCUT2D eigenvalue weighted by Gasteiger charge is -2.12. The summed E-state index contributed by atoms with van der Waals surface area (Å²) >= 11 is 1.02. The van der Waals surface area contributed by atoms with E-state index in [0.717, 1.165) is 11.8 Å². The molecular weight excluding hydrogens is 435 g/mol. The zero-order chi connectivity index (χ0) is 22.5. The molecule has 0 saturated heterocycles. The molecule has 0 unspecified atom stereocenters. The third-order valence-corrected chi connectivity index (χ3v) is 5.54. The van der Waals surface area contributed by atoms with E-state index < -0.39 is 16.6 Å². The summed E-state index contributed by atoms with van der Waals surface area (Å²) in [6.45, 7) is 0.0916. The van der Waals surface area contributed by atoms with Crippen LogP contribution in [0.25, 0.3) is 5.82 Å². The fourth-order valence-corrected chi connectivity index (χ4v) is 3.85. The molecule has 0 saturated carbocycles. The van der Waals surface area contributed by atoms with E-state index in [2.05, 4.69) is 20.4 Å². The molecule has 0 aliphatic carbocycles. The van der Waals surface area contributed by atoms with E-state index in [1.54, 1.807) is 36.5 Å². The number of aromatic nitrogens is 4. The van der Waals surface area contributed by atoms with Gasteiger partial charge in [0.05, 0.1) is 10.5 Å². The summed E-state index contributed by atoms with van der Waals surface area (Å²) in [5.74, 6) is -0.499. The molecule has 4 rings (SSSR count). The second-order valence-electron chi connectivity index (χ2n) is 6.48. The van der Waals surface area contributed by atoms with Crippen molar-refractivity contribution in [3.63, 3.8) is 0 Å². The topological polar surface area (TPSA) is 116 Å². The van der Waals surface area contributed by atoms with Gasteiger partial charge in [0.15, 0.2) is 5.82 Å². The van der Waals surface area contributed by atoms with Gasteiger partial charge < -0.3 is 5.32 Å². The van der Waals surface area contributed by atoms with Crippen molar-refractivity contribution >= 4 is 23.4 Å². The number of hydrogen-bond donors (Lipinski definition) is 1. The van der Waals surface area contributed by atoms with Gasteiger partial charge in [-0.05, 0) is 24.3 Å². The van der Waals surface area contributed by atoms with Crippen LogP contribution in [0.5, 0.6) is 0 Å². The minimum atomic E-state index is -0.585. The Hall–Kier alpha value is -4.12. The first-order chi connectivity index (χ1) is 15.5. The average molecular weight is 450 g/mol. The molecule has 160 valence electrons. The summed E-state index contributed by atoms with van der Waals surface area (Å²) < 4.78 is 15.6. The molecule has 2 aromatic carbocycles. The molecule has 0 radical (unpaired) electrons. The Kier molecular flexibility index (Phi) is 6.17. The third kappa shape index (κ3) is 4.62. The highest BCUT2D eigenvalue weighted by Gasteiger charge is 2.19. The quantitative estimate of drug-likeness (QED) is 0.336. The largest absolute Gasteiger partial charge is 0.348 e. The van der Waals surface area contributed by atoms with Gasteiger partial charge in [0.2, 0.25) is 0 Å². The highest BCUT2D eigenvalue weighted by Crippen LogP contribution is 2.34. The number of nitrogens with one attached hydrogen (secondary N) is 1. The SMILES string of the molecule is O=C(NCc1cccnc1-n1cncn1)c1cc([N+](=O)[O-])ccc1Sc1ccccc1F. The van der Waals surface area contributed by atoms with Crippen molar-refractivity contribution in [1.29, 1.82) is 0 Å². The van der Waals surface area contributed by atoms with Crippen LogP contribution < -0.4 is 5.32 Å². The van der Waals surface area contributed by atoms with Crippen molar-refractivity contribution in [3.05, 3.63) is 101 Å². The number of non-ortho nitro benzene ring substituents is 1. The summed E-state index contributed by atoms with van der Waals surface area (Å²) in [4.78, 5) is 32.5. The van der Waals surface area contributed by atoms with Gasteiger partial charge in [0.25, 0.3) is 11.6 Å². The Morgan fingerprint density at radius 3 is 2.75 bits per heavy atom. The number of halogens is 1. The molecule has 0 aliphatic rings. The van der Waals surface area contributed by atoms with Gasteiger partial charge in [-0.3, -0.25) is 14.9 Å². The number of pyridine rings is 1. The number of carbonyl (C=O) groups excluding carboxylic acids is 1. The summed E-state index contributed by atoms with van der Waals surface area (Å²) in [5.41, 5.74) is 0.497. The standard InChI is InChI=1S/C21H15FN6O3S/c22-17-5-1-2-6-19(17)32-18-8-7-15(28(30)31)10-16(18)21(29)25-11-14-4-3-9-24-20(14)27-13-23-12-26-27/h1-10,12-13H,11H2,(H,25,29). The first kappa shape index (κ1) is 21.1. The number of hydrogen-bond acceptors (Lipinski definition) is 7. The van der Waals surface area contributed by atoms with Crippen LogP contribution in [0.1, 0.15) is 15.9 Å². The van der Waals surface area contributed by atoms with E-state index in [1.807, 2.05) is 0 Å². The van der Waals surface area contributed by atoms with Gasteiger partial charge in [-0.25, -0.2) is 19.0 Å². The van der Waals surface area contributed by atoms with Gasteiger partial charge >= 0.3 is 0 Å². The molecule has 1 N–H and O–H groups in total. The monoisotopic (exact) mass is 450 g/mol. The molecule has 0 spiro atoms. The Balaban J connectivity index is 1.61. The van der Waals surface area contributed by atoms with Crippen LogP contribution in [0.3, 0.4) is 0 Å². The van der Waals surface area contributed by atoms with Crippen LogP contribution >= 0.6 is 11.8 Å². The minimum absolute atomic E-state index is 0.0682. The number of rotatable bonds is 7. The van der Waals surface area contributed by atoms with E-state index in [9.17, 15) is 19.3 Å². The number of benzene rings is 2. The van der Waals surface area contributed by atoms with Crippen LogP contribution in [0.4, 0.5) is 10.1 Å². The number of carbonyl (C=O) groups is 1.